The Kier molecular flexibility index (Phi) is 8.83. The number of rotatable bonds is 9. The molecule has 2 aromatic carbocycles. The lowest BCUT2D eigenvalue weighted by Gasteiger charge is -2.05. The highest BCUT2D eigenvalue weighted by atomic mass is 35.5. The third-order valence-corrected chi connectivity index (χ3v) is 7.24. The standard InChI is InChI=1S/C19H16Cl2N4O2S3/c20-14-7-6-13(8-15(14)21)22-17(27)11-29-19-25-24-18(30-19)23-16(26)10-28-9-12-4-2-1-3-5-12/h1-8H,9-11H2,(H,22,27)(H,23,24,26). The van der Waals surface area contributed by atoms with Crippen LogP contribution < -0.4 is 10.6 Å². The van der Waals surface area contributed by atoms with Crippen molar-refractivity contribution in [2.75, 3.05) is 22.1 Å². The van der Waals surface area contributed by atoms with Crippen LogP contribution >= 0.6 is 58.1 Å². The first-order chi connectivity index (χ1) is 14.5. The molecular formula is C19H16Cl2N4O2S3. The van der Waals surface area contributed by atoms with Gasteiger partial charge in [0.1, 0.15) is 0 Å². The molecule has 1 heterocycles. The van der Waals surface area contributed by atoms with Gasteiger partial charge in [-0.05, 0) is 23.8 Å². The zero-order chi connectivity index (χ0) is 21.3. The predicted molar refractivity (Wildman–Crippen MR) is 127 cm³/mol. The summed E-state index contributed by atoms with van der Waals surface area (Å²) < 4.78 is 0.589. The van der Waals surface area contributed by atoms with Gasteiger partial charge in [0, 0.05) is 11.4 Å². The molecule has 0 saturated carbocycles. The third-order valence-electron chi connectivity index (χ3n) is 3.53. The van der Waals surface area contributed by atoms with Crippen molar-refractivity contribution in [3.8, 4) is 0 Å². The Morgan fingerprint density at radius 2 is 1.70 bits per heavy atom. The zero-order valence-corrected chi connectivity index (χ0v) is 19.4. The van der Waals surface area contributed by atoms with Crippen molar-refractivity contribution < 1.29 is 9.59 Å². The van der Waals surface area contributed by atoms with Crippen LogP contribution in [0.1, 0.15) is 5.56 Å². The quantitative estimate of drug-likeness (QED) is 0.301. The topological polar surface area (TPSA) is 84.0 Å². The van der Waals surface area contributed by atoms with Crippen molar-refractivity contribution in [2.45, 2.75) is 10.1 Å². The van der Waals surface area contributed by atoms with E-state index < -0.39 is 0 Å². The van der Waals surface area contributed by atoms with Crippen LogP contribution in [-0.4, -0.2) is 33.5 Å². The SMILES string of the molecule is O=C(CSc1nnc(NC(=O)CSCc2ccccc2)s1)Nc1ccc(Cl)c(Cl)c1. The molecule has 1 aromatic heterocycles. The molecule has 2 N–H and O–H groups in total. The molecular weight excluding hydrogens is 483 g/mol. The number of benzene rings is 2. The van der Waals surface area contributed by atoms with Gasteiger partial charge in [-0.3, -0.25) is 14.9 Å². The van der Waals surface area contributed by atoms with Gasteiger partial charge in [0.2, 0.25) is 16.9 Å². The Balaban J connectivity index is 1.39. The van der Waals surface area contributed by atoms with Gasteiger partial charge in [-0.1, -0.05) is 76.6 Å². The number of thioether (sulfide) groups is 2. The minimum absolute atomic E-state index is 0.138. The van der Waals surface area contributed by atoms with E-state index in [1.807, 2.05) is 30.3 Å². The molecule has 3 rings (SSSR count). The lowest BCUT2D eigenvalue weighted by molar-refractivity contribution is -0.114. The van der Waals surface area contributed by atoms with E-state index in [9.17, 15) is 9.59 Å². The lowest BCUT2D eigenvalue weighted by atomic mass is 10.2. The average Bonchev–Trinajstić information content (AvgIpc) is 3.17. The van der Waals surface area contributed by atoms with Crippen LogP contribution in [0.4, 0.5) is 10.8 Å². The molecule has 0 aliphatic heterocycles. The molecule has 0 atom stereocenters. The lowest BCUT2D eigenvalue weighted by Crippen LogP contribution is -2.14. The Morgan fingerprint density at radius 3 is 2.47 bits per heavy atom. The van der Waals surface area contributed by atoms with E-state index in [1.165, 1.54) is 40.4 Å². The van der Waals surface area contributed by atoms with E-state index in [0.29, 0.717) is 31.0 Å². The summed E-state index contributed by atoms with van der Waals surface area (Å²) in [5.41, 5.74) is 1.73. The molecule has 0 radical (unpaired) electrons. The van der Waals surface area contributed by atoms with E-state index in [1.54, 1.807) is 18.2 Å². The van der Waals surface area contributed by atoms with Crippen LogP contribution in [-0.2, 0) is 15.3 Å². The summed E-state index contributed by atoms with van der Waals surface area (Å²) in [6.45, 7) is 0. The Morgan fingerprint density at radius 1 is 0.933 bits per heavy atom. The molecule has 0 unspecified atom stereocenters. The van der Waals surface area contributed by atoms with E-state index in [0.717, 1.165) is 5.75 Å². The fourth-order valence-electron chi connectivity index (χ4n) is 2.21. The van der Waals surface area contributed by atoms with Gasteiger partial charge in [0.25, 0.3) is 0 Å². The van der Waals surface area contributed by atoms with Crippen LogP contribution in [0, 0.1) is 0 Å². The zero-order valence-electron chi connectivity index (χ0n) is 15.4. The Hall–Kier alpha value is -1.78. The predicted octanol–water partition coefficient (Wildman–Crippen LogP) is 5.45. The number of anilines is 2. The fraction of sp³-hybridized carbons (Fsp3) is 0.158. The van der Waals surface area contributed by atoms with E-state index in [-0.39, 0.29) is 17.6 Å². The summed E-state index contributed by atoms with van der Waals surface area (Å²) in [6.07, 6.45) is 0. The molecule has 0 aliphatic carbocycles. The molecule has 156 valence electrons. The highest BCUT2D eigenvalue weighted by Gasteiger charge is 2.11. The number of nitrogens with zero attached hydrogens (tertiary/aromatic N) is 2. The number of halogens is 2. The van der Waals surface area contributed by atoms with Crippen LogP contribution in [0.5, 0.6) is 0 Å². The van der Waals surface area contributed by atoms with Crippen molar-refractivity contribution in [3.63, 3.8) is 0 Å². The summed E-state index contributed by atoms with van der Waals surface area (Å²) in [7, 11) is 0. The number of carbonyl (C=O) groups is 2. The maximum atomic E-state index is 12.1. The summed E-state index contributed by atoms with van der Waals surface area (Å²) >= 11 is 15.8. The van der Waals surface area contributed by atoms with Crippen LogP contribution in [0.15, 0.2) is 52.9 Å². The number of aromatic nitrogens is 2. The molecule has 0 bridgehead atoms. The molecule has 6 nitrogen and oxygen atoms in total. The summed E-state index contributed by atoms with van der Waals surface area (Å²) in [6, 6.07) is 14.8. The molecule has 0 fully saturated rings. The molecule has 30 heavy (non-hydrogen) atoms. The normalized spacial score (nSPS) is 10.6. The fourth-order valence-corrected chi connectivity index (χ4v) is 4.86. The molecule has 0 aliphatic rings. The van der Waals surface area contributed by atoms with Crippen molar-refractivity contribution in [1.82, 2.24) is 10.2 Å². The molecule has 11 heteroatoms. The molecule has 2 amide bonds. The largest absolute Gasteiger partial charge is 0.325 e. The highest BCUT2D eigenvalue weighted by Crippen LogP contribution is 2.27. The van der Waals surface area contributed by atoms with Crippen molar-refractivity contribution in [3.05, 3.63) is 64.1 Å². The number of hydrogen-bond acceptors (Lipinski definition) is 7. The maximum absolute atomic E-state index is 12.1. The number of carbonyl (C=O) groups excluding carboxylic acids is 2. The molecule has 0 spiro atoms. The first-order valence-corrected chi connectivity index (χ1v) is 12.3. The minimum atomic E-state index is -0.212. The van der Waals surface area contributed by atoms with Gasteiger partial charge < -0.3 is 5.32 Å². The average molecular weight is 499 g/mol. The third kappa shape index (κ3) is 7.48. The second-order valence-electron chi connectivity index (χ2n) is 5.87. The van der Waals surface area contributed by atoms with Gasteiger partial charge >= 0.3 is 0 Å². The van der Waals surface area contributed by atoms with Crippen LogP contribution in [0.2, 0.25) is 10.0 Å². The van der Waals surface area contributed by atoms with Gasteiger partial charge in [0.15, 0.2) is 4.34 Å². The van der Waals surface area contributed by atoms with Crippen molar-refractivity contribution in [2.24, 2.45) is 0 Å². The maximum Gasteiger partial charge on any atom is 0.236 e. The second-order valence-corrected chi connectivity index (χ2v) is 9.87. The number of hydrogen-bond donors (Lipinski definition) is 2. The van der Waals surface area contributed by atoms with Gasteiger partial charge in [-0.15, -0.1) is 22.0 Å². The number of amides is 2. The second kappa shape index (κ2) is 11.6. The highest BCUT2D eigenvalue weighted by molar-refractivity contribution is 8.01. The number of nitrogens with one attached hydrogen (secondary N) is 2. The van der Waals surface area contributed by atoms with Crippen LogP contribution in [0.25, 0.3) is 0 Å². The van der Waals surface area contributed by atoms with Gasteiger partial charge in [0.05, 0.1) is 21.6 Å². The summed E-state index contributed by atoms with van der Waals surface area (Å²) in [5.74, 6) is 0.885. The first-order valence-electron chi connectivity index (χ1n) is 8.62. The monoisotopic (exact) mass is 498 g/mol. The van der Waals surface area contributed by atoms with Gasteiger partial charge in [-0.2, -0.15) is 0 Å². The van der Waals surface area contributed by atoms with Crippen molar-refractivity contribution >= 4 is 80.7 Å². The van der Waals surface area contributed by atoms with Crippen molar-refractivity contribution in [1.29, 1.82) is 0 Å². The minimum Gasteiger partial charge on any atom is -0.325 e. The molecule has 3 aromatic rings. The van der Waals surface area contributed by atoms with E-state index in [4.69, 9.17) is 23.2 Å². The Bertz CT molecular complexity index is 1020. The summed E-state index contributed by atoms with van der Waals surface area (Å²) in [4.78, 5) is 24.1. The van der Waals surface area contributed by atoms with Gasteiger partial charge in [-0.25, -0.2) is 0 Å². The first kappa shape index (κ1) is 22.9. The summed E-state index contributed by atoms with van der Waals surface area (Å²) in [5, 5.41) is 14.6. The Labute approximate surface area is 196 Å². The van der Waals surface area contributed by atoms with E-state index >= 15 is 0 Å². The van der Waals surface area contributed by atoms with E-state index in [2.05, 4.69) is 20.8 Å². The smallest absolute Gasteiger partial charge is 0.236 e. The molecule has 0 saturated heterocycles. The van der Waals surface area contributed by atoms with Crippen LogP contribution in [0.3, 0.4) is 0 Å².